The minimum atomic E-state index is -0.195. The standard InChI is InChI=1S/C13H17FN2OS/c14-12-4-2-1-3-11(12)9-18-10-13(17)16-7-5-15-6-8-16/h1-4,15H,5-10H2. The van der Waals surface area contributed by atoms with Gasteiger partial charge in [-0.1, -0.05) is 18.2 Å². The molecule has 1 aromatic carbocycles. The van der Waals surface area contributed by atoms with Crippen molar-refractivity contribution in [3.05, 3.63) is 35.6 Å². The Hall–Kier alpha value is -1.07. The molecule has 0 unspecified atom stereocenters. The quantitative estimate of drug-likeness (QED) is 0.898. The Bertz CT molecular complexity index is 408. The highest BCUT2D eigenvalue weighted by Crippen LogP contribution is 2.15. The molecule has 0 aliphatic carbocycles. The minimum absolute atomic E-state index is 0.151. The fraction of sp³-hybridized carbons (Fsp3) is 0.462. The summed E-state index contributed by atoms with van der Waals surface area (Å²) in [7, 11) is 0. The van der Waals surface area contributed by atoms with Crippen molar-refractivity contribution in [1.29, 1.82) is 0 Å². The van der Waals surface area contributed by atoms with Crippen molar-refractivity contribution in [3.63, 3.8) is 0 Å². The average molecular weight is 268 g/mol. The number of nitrogens with zero attached hydrogens (tertiary/aromatic N) is 1. The van der Waals surface area contributed by atoms with E-state index >= 15 is 0 Å². The summed E-state index contributed by atoms with van der Waals surface area (Å²) in [5, 5.41) is 3.21. The lowest BCUT2D eigenvalue weighted by molar-refractivity contribution is -0.128. The lowest BCUT2D eigenvalue weighted by atomic mass is 10.2. The highest BCUT2D eigenvalue weighted by Gasteiger charge is 2.15. The summed E-state index contributed by atoms with van der Waals surface area (Å²) in [4.78, 5) is 13.7. The third-order valence-corrected chi connectivity index (χ3v) is 3.88. The SMILES string of the molecule is O=C(CSCc1ccccc1F)N1CCNCC1. The maximum atomic E-state index is 13.4. The largest absolute Gasteiger partial charge is 0.339 e. The number of carbonyl (C=O) groups excluding carboxylic acids is 1. The fourth-order valence-electron chi connectivity index (χ4n) is 1.87. The van der Waals surface area contributed by atoms with Crippen LogP contribution in [-0.4, -0.2) is 42.7 Å². The number of amides is 1. The number of halogens is 1. The normalized spacial score (nSPS) is 15.7. The minimum Gasteiger partial charge on any atom is -0.339 e. The van der Waals surface area contributed by atoms with Gasteiger partial charge in [0, 0.05) is 31.9 Å². The number of hydrogen-bond acceptors (Lipinski definition) is 3. The average Bonchev–Trinajstić information content (AvgIpc) is 2.42. The van der Waals surface area contributed by atoms with E-state index in [0.717, 1.165) is 26.2 Å². The zero-order valence-corrected chi connectivity index (χ0v) is 11.0. The predicted molar refractivity (Wildman–Crippen MR) is 72.0 cm³/mol. The van der Waals surface area contributed by atoms with Crippen LogP contribution in [0.5, 0.6) is 0 Å². The van der Waals surface area contributed by atoms with E-state index in [9.17, 15) is 9.18 Å². The molecule has 1 fully saturated rings. The van der Waals surface area contributed by atoms with Crippen LogP contribution in [0.25, 0.3) is 0 Å². The van der Waals surface area contributed by atoms with Crippen LogP contribution in [-0.2, 0) is 10.5 Å². The summed E-state index contributed by atoms with van der Waals surface area (Å²) >= 11 is 1.47. The van der Waals surface area contributed by atoms with E-state index in [1.807, 2.05) is 11.0 Å². The Morgan fingerprint density at radius 1 is 1.33 bits per heavy atom. The second kappa shape index (κ2) is 6.75. The lowest BCUT2D eigenvalue weighted by Crippen LogP contribution is -2.47. The van der Waals surface area contributed by atoms with Crippen molar-refractivity contribution in [1.82, 2.24) is 10.2 Å². The summed E-state index contributed by atoms with van der Waals surface area (Å²) in [6.45, 7) is 3.28. The molecule has 0 saturated carbocycles. The van der Waals surface area contributed by atoms with Crippen LogP contribution in [0.3, 0.4) is 0 Å². The molecule has 2 rings (SSSR count). The molecule has 0 bridgehead atoms. The second-order valence-corrected chi connectivity index (χ2v) is 5.20. The smallest absolute Gasteiger partial charge is 0.232 e. The van der Waals surface area contributed by atoms with Gasteiger partial charge in [0.25, 0.3) is 0 Å². The Labute approximate surface area is 111 Å². The number of piperazine rings is 1. The topological polar surface area (TPSA) is 32.3 Å². The molecule has 1 saturated heterocycles. The highest BCUT2D eigenvalue weighted by molar-refractivity contribution is 7.99. The summed E-state index contributed by atoms with van der Waals surface area (Å²) in [6.07, 6.45) is 0. The molecule has 1 heterocycles. The van der Waals surface area contributed by atoms with Gasteiger partial charge in [-0.05, 0) is 11.6 Å². The van der Waals surface area contributed by atoms with Gasteiger partial charge in [0.15, 0.2) is 0 Å². The molecule has 0 radical (unpaired) electrons. The van der Waals surface area contributed by atoms with Gasteiger partial charge in [-0.25, -0.2) is 4.39 Å². The Morgan fingerprint density at radius 3 is 2.78 bits per heavy atom. The lowest BCUT2D eigenvalue weighted by Gasteiger charge is -2.27. The monoisotopic (exact) mass is 268 g/mol. The van der Waals surface area contributed by atoms with Crippen LogP contribution in [0.15, 0.2) is 24.3 Å². The molecule has 0 aromatic heterocycles. The predicted octanol–water partition coefficient (Wildman–Crippen LogP) is 1.49. The van der Waals surface area contributed by atoms with E-state index in [0.29, 0.717) is 17.1 Å². The maximum Gasteiger partial charge on any atom is 0.232 e. The second-order valence-electron chi connectivity index (χ2n) is 4.21. The first kappa shape index (κ1) is 13.4. The van der Waals surface area contributed by atoms with Gasteiger partial charge >= 0.3 is 0 Å². The van der Waals surface area contributed by atoms with E-state index in [4.69, 9.17) is 0 Å². The van der Waals surface area contributed by atoms with Gasteiger partial charge in [-0.15, -0.1) is 11.8 Å². The van der Waals surface area contributed by atoms with Crippen molar-refractivity contribution in [2.75, 3.05) is 31.9 Å². The van der Waals surface area contributed by atoms with Gasteiger partial charge in [0.05, 0.1) is 5.75 Å². The molecule has 1 aliphatic heterocycles. The summed E-state index contributed by atoms with van der Waals surface area (Å²) < 4.78 is 13.4. The molecule has 5 heteroatoms. The molecule has 18 heavy (non-hydrogen) atoms. The van der Waals surface area contributed by atoms with Gasteiger partial charge in [0.1, 0.15) is 5.82 Å². The summed E-state index contributed by atoms with van der Waals surface area (Å²) in [5.41, 5.74) is 0.663. The number of benzene rings is 1. The van der Waals surface area contributed by atoms with E-state index in [1.54, 1.807) is 12.1 Å². The van der Waals surface area contributed by atoms with Crippen molar-refractivity contribution in [3.8, 4) is 0 Å². The molecule has 1 amide bonds. The van der Waals surface area contributed by atoms with Gasteiger partial charge < -0.3 is 10.2 Å². The Morgan fingerprint density at radius 2 is 2.06 bits per heavy atom. The first-order valence-corrected chi connectivity index (χ1v) is 7.22. The van der Waals surface area contributed by atoms with Crippen LogP contribution in [0.1, 0.15) is 5.56 Å². The Balaban J connectivity index is 1.75. The van der Waals surface area contributed by atoms with Gasteiger partial charge in [-0.2, -0.15) is 0 Å². The first-order valence-electron chi connectivity index (χ1n) is 6.07. The highest BCUT2D eigenvalue weighted by atomic mass is 32.2. The third-order valence-electron chi connectivity index (χ3n) is 2.91. The zero-order chi connectivity index (χ0) is 12.8. The van der Waals surface area contributed by atoms with Crippen molar-refractivity contribution < 1.29 is 9.18 Å². The molecular formula is C13H17FN2OS. The third kappa shape index (κ3) is 3.71. The Kier molecular flexibility index (Phi) is 5.01. The molecular weight excluding hydrogens is 251 g/mol. The molecule has 0 atom stereocenters. The van der Waals surface area contributed by atoms with E-state index in [2.05, 4.69) is 5.32 Å². The first-order chi connectivity index (χ1) is 8.77. The van der Waals surface area contributed by atoms with Gasteiger partial charge in [0.2, 0.25) is 5.91 Å². The van der Waals surface area contributed by atoms with Crippen LogP contribution in [0.2, 0.25) is 0 Å². The van der Waals surface area contributed by atoms with E-state index in [1.165, 1.54) is 17.8 Å². The van der Waals surface area contributed by atoms with E-state index in [-0.39, 0.29) is 11.7 Å². The van der Waals surface area contributed by atoms with Crippen LogP contribution in [0, 0.1) is 5.82 Å². The van der Waals surface area contributed by atoms with E-state index < -0.39 is 0 Å². The van der Waals surface area contributed by atoms with Gasteiger partial charge in [-0.3, -0.25) is 4.79 Å². The van der Waals surface area contributed by atoms with Crippen molar-refractivity contribution >= 4 is 17.7 Å². The molecule has 1 N–H and O–H groups in total. The molecule has 0 spiro atoms. The van der Waals surface area contributed by atoms with Crippen LogP contribution >= 0.6 is 11.8 Å². The summed E-state index contributed by atoms with van der Waals surface area (Å²) in [6, 6.07) is 6.71. The number of nitrogens with one attached hydrogen (secondary N) is 1. The number of hydrogen-bond donors (Lipinski definition) is 1. The number of carbonyl (C=O) groups is 1. The molecule has 3 nitrogen and oxygen atoms in total. The zero-order valence-electron chi connectivity index (χ0n) is 10.2. The maximum absolute atomic E-state index is 13.4. The van der Waals surface area contributed by atoms with Crippen LogP contribution < -0.4 is 5.32 Å². The van der Waals surface area contributed by atoms with Crippen molar-refractivity contribution in [2.45, 2.75) is 5.75 Å². The molecule has 1 aromatic rings. The number of rotatable bonds is 4. The number of thioether (sulfide) groups is 1. The fourth-order valence-corrected chi connectivity index (χ4v) is 2.78. The van der Waals surface area contributed by atoms with Crippen molar-refractivity contribution in [2.24, 2.45) is 0 Å². The molecule has 98 valence electrons. The summed E-state index contributed by atoms with van der Waals surface area (Å²) in [5.74, 6) is 0.927. The van der Waals surface area contributed by atoms with Crippen LogP contribution in [0.4, 0.5) is 4.39 Å². The molecule has 1 aliphatic rings.